The van der Waals surface area contributed by atoms with E-state index < -0.39 is 0 Å². The summed E-state index contributed by atoms with van der Waals surface area (Å²) < 4.78 is 16.8. The van der Waals surface area contributed by atoms with Crippen LogP contribution in [-0.4, -0.2) is 53.2 Å². The molecule has 0 N–H and O–H groups in total. The summed E-state index contributed by atoms with van der Waals surface area (Å²) in [6.07, 6.45) is 4.74. The molecule has 0 unspecified atom stereocenters. The number of amides is 1. The van der Waals surface area contributed by atoms with Crippen molar-refractivity contribution in [3.8, 4) is 17.4 Å². The molecule has 3 rings (SSSR count). The van der Waals surface area contributed by atoms with Gasteiger partial charge in [0.1, 0.15) is 23.9 Å². The van der Waals surface area contributed by atoms with Crippen molar-refractivity contribution < 1.29 is 19.0 Å². The quantitative estimate of drug-likeness (QED) is 0.757. The minimum absolute atomic E-state index is 0.0145. The molecular weight excluding hydrogens is 334 g/mol. The highest BCUT2D eigenvalue weighted by atomic mass is 16.5. The van der Waals surface area contributed by atoms with Crippen LogP contribution in [0.2, 0.25) is 0 Å². The third-order valence-corrected chi connectivity index (χ3v) is 4.13. The van der Waals surface area contributed by atoms with Gasteiger partial charge in [0.15, 0.2) is 6.61 Å². The van der Waals surface area contributed by atoms with Crippen LogP contribution in [0.3, 0.4) is 0 Å². The van der Waals surface area contributed by atoms with E-state index in [9.17, 15) is 4.79 Å². The fourth-order valence-corrected chi connectivity index (χ4v) is 2.78. The summed E-state index contributed by atoms with van der Waals surface area (Å²) in [5.74, 6) is 2.00. The lowest BCUT2D eigenvalue weighted by molar-refractivity contribution is -0.135. The van der Waals surface area contributed by atoms with Gasteiger partial charge in [0.25, 0.3) is 5.91 Å². The molecule has 0 bridgehead atoms. The smallest absolute Gasteiger partial charge is 0.260 e. The number of aromatic nitrogens is 2. The molecule has 0 aliphatic carbocycles. The molecule has 26 heavy (non-hydrogen) atoms. The molecule has 1 saturated heterocycles. The zero-order valence-electron chi connectivity index (χ0n) is 14.8. The van der Waals surface area contributed by atoms with Crippen LogP contribution < -0.4 is 14.2 Å². The fraction of sp³-hybridized carbons (Fsp3) is 0.421. The monoisotopic (exact) mass is 357 g/mol. The van der Waals surface area contributed by atoms with E-state index >= 15 is 0 Å². The molecule has 0 radical (unpaired) electrons. The first-order chi connectivity index (χ1) is 12.7. The number of piperidine rings is 1. The molecule has 138 valence electrons. The van der Waals surface area contributed by atoms with Crippen molar-refractivity contribution in [1.82, 2.24) is 14.9 Å². The number of hydrogen-bond acceptors (Lipinski definition) is 6. The summed E-state index contributed by atoms with van der Waals surface area (Å²) >= 11 is 0. The van der Waals surface area contributed by atoms with Gasteiger partial charge in [-0.1, -0.05) is 0 Å². The number of hydrogen-bond donors (Lipinski definition) is 0. The molecule has 1 fully saturated rings. The maximum atomic E-state index is 12.3. The van der Waals surface area contributed by atoms with Crippen molar-refractivity contribution in [3.63, 3.8) is 0 Å². The van der Waals surface area contributed by atoms with E-state index in [4.69, 9.17) is 14.2 Å². The first-order valence-corrected chi connectivity index (χ1v) is 8.80. The molecule has 0 saturated carbocycles. The molecule has 2 aromatic rings. The lowest BCUT2D eigenvalue weighted by Gasteiger charge is -2.31. The van der Waals surface area contributed by atoms with Crippen molar-refractivity contribution in [2.45, 2.75) is 25.9 Å². The standard InChI is InChI=1S/C19H23N3O4/c1-2-24-15-3-5-16(6-4-15)25-13-19(23)22-11-8-17(9-12-22)26-18-7-10-20-14-21-18/h3-7,10,14,17H,2,8-9,11-13H2,1H3. The largest absolute Gasteiger partial charge is 0.494 e. The van der Waals surface area contributed by atoms with Gasteiger partial charge in [0.05, 0.1) is 6.61 Å². The number of likely N-dealkylation sites (tertiary alicyclic amines) is 1. The molecule has 2 heterocycles. The highest BCUT2D eigenvalue weighted by Crippen LogP contribution is 2.19. The number of benzene rings is 1. The van der Waals surface area contributed by atoms with Crippen LogP contribution in [0, 0.1) is 0 Å². The van der Waals surface area contributed by atoms with Crippen molar-refractivity contribution >= 4 is 5.91 Å². The van der Waals surface area contributed by atoms with Crippen LogP contribution in [0.15, 0.2) is 42.9 Å². The van der Waals surface area contributed by atoms with E-state index in [-0.39, 0.29) is 18.6 Å². The van der Waals surface area contributed by atoms with Crippen LogP contribution in [0.1, 0.15) is 19.8 Å². The van der Waals surface area contributed by atoms with Crippen LogP contribution in [0.25, 0.3) is 0 Å². The Bertz CT molecular complexity index is 686. The number of carbonyl (C=O) groups excluding carboxylic acids is 1. The molecule has 1 aromatic heterocycles. The predicted molar refractivity (Wildman–Crippen MR) is 95.4 cm³/mol. The van der Waals surface area contributed by atoms with Crippen LogP contribution >= 0.6 is 0 Å². The van der Waals surface area contributed by atoms with Crippen molar-refractivity contribution in [3.05, 3.63) is 42.9 Å². The maximum absolute atomic E-state index is 12.3. The number of rotatable bonds is 7. The molecule has 1 amide bonds. The highest BCUT2D eigenvalue weighted by molar-refractivity contribution is 5.77. The molecule has 7 heteroatoms. The van der Waals surface area contributed by atoms with Gasteiger partial charge in [-0.15, -0.1) is 0 Å². The summed E-state index contributed by atoms with van der Waals surface area (Å²) in [4.78, 5) is 22.1. The Hall–Kier alpha value is -2.83. The fourth-order valence-electron chi connectivity index (χ4n) is 2.78. The maximum Gasteiger partial charge on any atom is 0.260 e. The summed E-state index contributed by atoms with van der Waals surface area (Å²) in [6.45, 7) is 3.90. The molecule has 7 nitrogen and oxygen atoms in total. The van der Waals surface area contributed by atoms with E-state index in [1.807, 2.05) is 24.0 Å². The summed E-state index contributed by atoms with van der Waals surface area (Å²) in [5.41, 5.74) is 0. The molecule has 0 spiro atoms. The Kier molecular flexibility index (Phi) is 6.24. The summed E-state index contributed by atoms with van der Waals surface area (Å²) in [5, 5.41) is 0. The minimum atomic E-state index is -0.0145. The average molecular weight is 357 g/mol. The Labute approximate surface area is 152 Å². The van der Waals surface area contributed by atoms with Crippen LogP contribution in [-0.2, 0) is 4.79 Å². The van der Waals surface area contributed by atoms with Crippen molar-refractivity contribution in [2.75, 3.05) is 26.3 Å². The summed E-state index contributed by atoms with van der Waals surface area (Å²) in [7, 11) is 0. The number of ether oxygens (including phenoxy) is 3. The Balaban J connectivity index is 1.40. The SMILES string of the molecule is CCOc1ccc(OCC(=O)N2CCC(Oc3ccncn3)CC2)cc1. The second-order valence-electron chi connectivity index (χ2n) is 5.94. The van der Waals surface area contributed by atoms with Gasteiger partial charge in [-0.2, -0.15) is 0 Å². The second kappa shape index (κ2) is 9.03. The Morgan fingerprint density at radius 2 is 1.81 bits per heavy atom. The number of nitrogens with zero attached hydrogens (tertiary/aromatic N) is 3. The van der Waals surface area contributed by atoms with Crippen molar-refractivity contribution in [1.29, 1.82) is 0 Å². The van der Waals surface area contributed by atoms with E-state index in [0.717, 1.165) is 18.6 Å². The van der Waals surface area contributed by atoms with Crippen LogP contribution in [0.4, 0.5) is 0 Å². The van der Waals surface area contributed by atoms with E-state index in [0.29, 0.717) is 31.3 Å². The molecular formula is C19H23N3O4. The number of carbonyl (C=O) groups is 1. The van der Waals surface area contributed by atoms with E-state index in [1.165, 1.54) is 6.33 Å². The normalized spacial score (nSPS) is 14.7. The lowest BCUT2D eigenvalue weighted by atomic mass is 10.1. The van der Waals surface area contributed by atoms with Gasteiger partial charge in [-0.25, -0.2) is 9.97 Å². The Morgan fingerprint density at radius 1 is 1.12 bits per heavy atom. The van der Waals surface area contributed by atoms with Gasteiger partial charge in [0.2, 0.25) is 5.88 Å². The molecule has 0 atom stereocenters. The van der Waals surface area contributed by atoms with Gasteiger partial charge in [0, 0.05) is 38.2 Å². The van der Waals surface area contributed by atoms with Crippen LogP contribution in [0.5, 0.6) is 17.4 Å². The Morgan fingerprint density at radius 3 is 2.42 bits per heavy atom. The average Bonchev–Trinajstić information content (AvgIpc) is 2.69. The molecule has 1 aromatic carbocycles. The first kappa shape index (κ1) is 18.0. The lowest BCUT2D eigenvalue weighted by Crippen LogP contribution is -2.43. The molecule has 1 aliphatic heterocycles. The highest BCUT2D eigenvalue weighted by Gasteiger charge is 2.24. The van der Waals surface area contributed by atoms with Gasteiger partial charge in [-0.05, 0) is 31.2 Å². The first-order valence-electron chi connectivity index (χ1n) is 8.80. The topological polar surface area (TPSA) is 73.8 Å². The summed E-state index contributed by atoms with van der Waals surface area (Å²) in [6, 6.07) is 9.01. The zero-order chi connectivity index (χ0) is 18.2. The second-order valence-corrected chi connectivity index (χ2v) is 5.94. The van der Waals surface area contributed by atoms with E-state index in [2.05, 4.69) is 9.97 Å². The third-order valence-electron chi connectivity index (χ3n) is 4.13. The van der Waals surface area contributed by atoms with Gasteiger partial charge >= 0.3 is 0 Å². The minimum Gasteiger partial charge on any atom is -0.494 e. The van der Waals surface area contributed by atoms with Crippen molar-refractivity contribution in [2.24, 2.45) is 0 Å². The molecule has 1 aliphatic rings. The third kappa shape index (κ3) is 5.08. The van der Waals surface area contributed by atoms with E-state index in [1.54, 1.807) is 24.4 Å². The zero-order valence-corrected chi connectivity index (χ0v) is 14.8. The predicted octanol–water partition coefficient (Wildman–Crippen LogP) is 2.32. The van der Waals surface area contributed by atoms with Gasteiger partial charge in [-0.3, -0.25) is 4.79 Å². The van der Waals surface area contributed by atoms with Gasteiger partial charge < -0.3 is 19.1 Å².